The highest BCUT2D eigenvalue weighted by atomic mass is 32.1. The smallest absolute Gasteiger partial charge is 0.257 e. The zero-order valence-electron chi connectivity index (χ0n) is 10.1. The normalized spacial score (nSPS) is 29.5. The topological polar surface area (TPSA) is 89.3 Å². The van der Waals surface area contributed by atoms with Crippen molar-refractivity contribution in [1.29, 1.82) is 0 Å². The van der Waals surface area contributed by atoms with Crippen LogP contribution in [-0.2, 0) is 4.74 Å². The van der Waals surface area contributed by atoms with Crippen LogP contribution in [0.25, 0.3) is 0 Å². The third-order valence-electron chi connectivity index (χ3n) is 3.60. The molecule has 0 aliphatic carbocycles. The highest BCUT2D eigenvalue weighted by molar-refractivity contribution is 7.11. The summed E-state index contributed by atoms with van der Waals surface area (Å²) < 4.78 is 9.83. The fourth-order valence-corrected chi connectivity index (χ4v) is 3.48. The van der Waals surface area contributed by atoms with Gasteiger partial charge in [-0.25, -0.2) is 0 Å². The summed E-state index contributed by atoms with van der Waals surface area (Å²) in [5, 5.41) is 6.69. The monoisotopic (exact) mass is 268 g/mol. The fourth-order valence-electron chi connectivity index (χ4n) is 2.70. The van der Waals surface area contributed by atoms with Gasteiger partial charge in [0.05, 0.1) is 18.2 Å². The molecule has 6 nitrogen and oxygen atoms in total. The lowest BCUT2D eigenvalue weighted by Gasteiger charge is -2.20. The number of hydrogen-bond acceptors (Lipinski definition) is 6. The van der Waals surface area contributed by atoms with Crippen LogP contribution in [0, 0.1) is 0 Å². The number of ether oxygens (including phenoxy) is 1. The van der Waals surface area contributed by atoms with Crippen molar-refractivity contribution >= 4 is 28.3 Å². The minimum absolute atomic E-state index is 0.201. The molecule has 2 fully saturated rings. The molecule has 2 saturated heterocycles. The van der Waals surface area contributed by atoms with Crippen LogP contribution >= 0.6 is 11.5 Å². The van der Waals surface area contributed by atoms with E-state index in [-0.39, 0.29) is 23.9 Å². The molecule has 1 amide bonds. The maximum atomic E-state index is 11.8. The van der Waals surface area contributed by atoms with Crippen LogP contribution in [0.3, 0.4) is 0 Å². The van der Waals surface area contributed by atoms with Gasteiger partial charge in [-0.05, 0) is 30.8 Å². The average Bonchev–Trinajstić information content (AvgIpc) is 3.05. The van der Waals surface area contributed by atoms with Gasteiger partial charge in [0.1, 0.15) is 10.6 Å². The van der Waals surface area contributed by atoms with Gasteiger partial charge < -0.3 is 21.1 Å². The number of rotatable bonds is 3. The highest BCUT2D eigenvalue weighted by Gasteiger charge is 2.41. The average molecular weight is 268 g/mol. The molecular weight excluding hydrogens is 252 g/mol. The molecule has 98 valence electrons. The SMILES string of the molecule is CNC(=O)c1c(N)nsc1NC1CC2CCC1O2. The van der Waals surface area contributed by atoms with Crippen molar-refractivity contribution in [1.82, 2.24) is 9.69 Å². The number of fused-ring (bicyclic) bond motifs is 2. The number of hydrogen-bond donors (Lipinski definition) is 3. The number of amides is 1. The van der Waals surface area contributed by atoms with E-state index in [0.717, 1.165) is 24.3 Å². The summed E-state index contributed by atoms with van der Waals surface area (Å²) in [7, 11) is 1.59. The molecule has 1 aromatic rings. The van der Waals surface area contributed by atoms with Crippen LogP contribution in [0.5, 0.6) is 0 Å². The number of carbonyl (C=O) groups excluding carboxylic acids is 1. The summed E-state index contributed by atoms with van der Waals surface area (Å²) in [5.41, 5.74) is 6.18. The Hall–Kier alpha value is -1.34. The van der Waals surface area contributed by atoms with E-state index in [4.69, 9.17) is 10.5 Å². The first-order chi connectivity index (χ1) is 8.69. The molecule has 4 N–H and O–H groups in total. The molecule has 18 heavy (non-hydrogen) atoms. The zero-order valence-corrected chi connectivity index (χ0v) is 10.9. The summed E-state index contributed by atoms with van der Waals surface area (Å²) >= 11 is 1.23. The van der Waals surface area contributed by atoms with Gasteiger partial charge in [0.15, 0.2) is 5.82 Å². The summed E-state index contributed by atoms with van der Waals surface area (Å²) in [6.45, 7) is 0. The molecule has 7 heteroatoms. The minimum Gasteiger partial charge on any atom is -0.382 e. The van der Waals surface area contributed by atoms with Crippen molar-refractivity contribution < 1.29 is 9.53 Å². The second-order valence-electron chi connectivity index (χ2n) is 4.71. The zero-order chi connectivity index (χ0) is 12.7. The molecule has 3 rings (SSSR count). The van der Waals surface area contributed by atoms with E-state index >= 15 is 0 Å². The van der Waals surface area contributed by atoms with Gasteiger partial charge in [0.2, 0.25) is 0 Å². The maximum absolute atomic E-state index is 11.8. The van der Waals surface area contributed by atoms with Crippen molar-refractivity contribution in [2.24, 2.45) is 0 Å². The number of carbonyl (C=O) groups is 1. The van der Waals surface area contributed by atoms with E-state index in [2.05, 4.69) is 15.0 Å². The molecule has 0 aromatic carbocycles. The summed E-state index contributed by atoms with van der Waals surface area (Å²) in [6, 6.07) is 0.270. The van der Waals surface area contributed by atoms with Crippen LogP contribution in [0.2, 0.25) is 0 Å². The van der Waals surface area contributed by atoms with Crippen LogP contribution in [-0.4, -0.2) is 35.6 Å². The Morgan fingerprint density at radius 1 is 1.56 bits per heavy atom. The van der Waals surface area contributed by atoms with Crippen LogP contribution in [0.1, 0.15) is 29.6 Å². The van der Waals surface area contributed by atoms with Gasteiger partial charge in [-0.2, -0.15) is 4.37 Å². The second-order valence-corrected chi connectivity index (χ2v) is 5.48. The van der Waals surface area contributed by atoms with E-state index in [1.807, 2.05) is 0 Å². The number of nitrogens with two attached hydrogens (primary N) is 1. The summed E-state index contributed by atoms with van der Waals surface area (Å²) in [5.74, 6) is 0.0822. The number of nitrogens with one attached hydrogen (secondary N) is 2. The van der Waals surface area contributed by atoms with Crippen LogP contribution in [0.4, 0.5) is 10.8 Å². The molecule has 3 atom stereocenters. The minimum atomic E-state index is -0.201. The van der Waals surface area contributed by atoms with Crippen molar-refractivity contribution in [3.05, 3.63) is 5.56 Å². The van der Waals surface area contributed by atoms with E-state index in [9.17, 15) is 4.79 Å². The molecule has 2 aliphatic rings. The molecule has 3 unspecified atom stereocenters. The standard InChI is InChI=1S/C11H16N4O2S/c1-13-10(16)8-9(12)15-18-11(8)14-6-4-5-2-3-7(6)17-5/h5-7,14H,2-4H2,1H3,(H2,12,15)(H,13,16). The lowest BCUT2D eigenvalue weighted by atomic mass is 9.95. The molecule has 0 saturated carbocycles. The number of aromatic nitrogens is 1. The van der Waals surface area contributed by atoms with E-state index in [1.54, 1.807) is 7.05 Å². The Kier molecular flexibility index (Phi) is 2.87. The third kappa shape index (κ3) is 1.83. The van der Waals surface area contributed by atoms with Gasteiger partial charge in [-0.3, -0.25) is 4.79 Å². The Morgan fingerprint density at radius 2 is 2.39 bits per heavy atom. The molecule has 1 aromatic heterocycles. The van der Waals surface area contributed by atoms with E-state index < -0.39 is 0 Å². The Labute approximate surface area is 109 Å². The van der Waals surface area contributed by atoms with Gasteiger partial charge in [-0.15, -0.1) is 0 Å². The maximum Gasteiger partial charge on any atom is 0.257 e. The van der Waals surface area contributed by atoms with Gasteiger partial charge in [-0.1, -0.05) is 0 Å². The third-order valence-corrected chi connectivity index (χ3v) is 4.39. The second kappa shape index (κ2) is 4.40. The molecule has 2 bridgehead atoms. The first-order valence-electron chi connectivity index (χ1n) is 6.08. The van der Waals surface area contributed by atoms with Gasteiger partial charge >= 0.3 is 0 Å². The lowest BCUT2D eigenvalue weighted by molar-refractivity contribution is 0.0963. The number of nitrogens with zero attached hydrogens (tertiary/aromatic N) is 1. The van der Waals surface area contributed by atoms with E-state index in [1.165, 1.54) is 11.5 Å². The van der Waals surface area contributed by atoms with Crippen LogP contribution < -0.4 is 16.4 Å². The van der Waals surface area contributed by atoms with Crippen molar-refractivity contribution in [2.75, 3.05) is 18.1 Å². The Balaban J connectivity index is 1.79. The summed E-state index contributed by atoms with van der Waals surface area (Å²) in [6.07, 6.45) is 3.87. The predicted octanol–water partition coefficient (Wildman–Crippen LogP) is 0.817. The molecule has 3 heterocycles. The summed E-state index contributed by atoms with van der Waals surface area (Å²) in [4.78, 5) is 11.8. The van der Waals surface area contributed by atoms with Crippen LogP contribution in [0.15, 0.2) is 0 Å². The van der Waals surface area contributed by atoms with Crippen molar-refractivity contribution in [2.45, 2.75) is 37.5 Å². The molecular formula is C11H16N4O2S. The van der Waals surface area contributed by atoms with Gasteiger partial charge in [0, 0.05) is 7.05 Å². The first kappa shape index (κ1) is 11.7. The Morgan fingerprint density at radius 3 is 3.00 bits per heavy atom. The lowest BCUT2D eigenvalue weighted by Crippen LogP contribution is -2.31. The number of anilines is 2. The first-order valence-corrected chi connectivity index (χ1v) is 6.85. The van der Waals surface area contributed by atoms with Crippen molar-refractivity contribution in [3.63, 3.8) is 0 Å². The molecule has 0 radical (unpaired) electrons. The largest absolute Gasteiger partial charge is 0.382 e. The van der Waals surface area contributed by atoms with E-state index in [0.29, 0.717) is 11.7 Å². The fraction of sp³-hybridized carbons (Fsp3) is 0.636. The van der Waals surface area contributed by atoms with Crippen molar-refractivity contribution in [3.8, 4) is 0 Å². The molecule has 0 spiro atoms. The predicted molar refractivity (Wildman–Crippen MR) is 69.8 cm³/mol. The highest BCUT2D eigenvalue weighted by Crippen LogP contribution is 2.37. The quantitative estimate of drug-likeness (QED) is 0.755. The Bertz CT molecular complexity index is 476. The van der Waals surface area contributed by atoms with Gasteiger partial charge in [0.25, 0.3) is 5.91 Å². The number of nitrogen functional groups attached to an aromatic ring is 1. The molecule has 2 aliphatic heterocycles.